The van der Waals surface area contributed by atoms with Gasteiger partial charge in [-0.1, -0.05) is 24.3 Å². The molecule has 2 N–H and O–H groups in total. The van der Waals surface area contributed by atoms with E-state index < -0.39 is 30.6 Å². The molecule has 0 fully saturated rings. The zero-order chi connectivity index (χ0) is 24.2. The zero-order valence-electron chi connectivity index (χ0n) is 18.8. The quantitative estimate of drug-likeness (QED) is 0.668. The van der Waals surface area contributed by atoms with Crippen LogP contribution in [0.4, 0.5) is 4.39 Å². The first kappa shape index (κ1) is 14.9. The number of hydrogen-bond donors (Lipinski definition) is 2. The van der Waals surface area contributed by atoms with Crippen molar-refractivity contribution in [2.75, 3.05) is 0 Å². The van der Waals surface area contributed by atoms with Gasteiger partial charge in [0.05, 0.1) is 17.1 Å². The summed E-state index contributed by atoms with van der Waals surface area (Å²) in [6, 6.07) is 12.9. The highest BCUT2D eigenvalue weighted by Gasteiger charge is 2.13. The van der Waals surface area contributed by atoms with Crippen molar-refractivity contribution in [2.24, 2.45) is 0 Å². The Morgan fingerprint density at radius 3 is 1.90 bits per heavy atom. The van der Waals surface area contributed by atoms with Crippen LogP contribution < -0.4 is 10.6 Å². The minimum atomic E-state index is -2.36. The van der Waals surface area contributed by atoms with E-state index in [2.05, 4.69) is 20.6 Å². The summed E-state index contributed by atoms with van der Waals surface area (Å²) >= 11 is 0. The standard InChI is InChI=1S/C21H16FN5O2/c22-17-7-5-16(6-8-17)12-25-21(29)19-9-18(26-13-27-19)20(28)24-11-15-3-1-14(10-23)2-4-15/h1-9,13H,11-12H2,(H,24,28)(H,25,29)/i11D2,12D2. The van der Waals surface area contributed by atoms with Gasteiger partial charge in [0.15, 0.2) is 0 Å². The molecular weight excluding hydrogens is 373 g/mol. The molecule has 8 heteroatoms. The largest absolute Gasteiger partial charge is 0.347 e. The Hall–Kier alpha value is -4.12. The maximum absolute atomic E-state index is 13.1. The van der Waals surface area contributed by atoms with E-state index in [1.807, 2.05) is 6.07 Å². The van der Waals surface area contributed by atoms with Crippen molar-refractivity contribution in [1.29, 1.82) is 5.26 Å². The second-order valence-electron chi connectivity index (χ2n) is 5.64. The van der Waals surface area contributed by atoms with Gasteiger partial charge in [-0.3, -0.25) is 9.59 Å². The Balaban J connectivity index is 1.75. The van der Waals surface area contributed by atoms with Crippen LogP contribution in [-0.2, 0) is 13.0 Å². The van der Waals surface area contributed by atoms with E-state index in [9.17, 15) is 14.0 Å². The molecule has 3 rings (SSSR count). The third kappa shape index (κ3) is 5.43. The normalized spacial score (nSPS) is 13.1. The van der Waals surface area contributed by atoms with Crippen LogP contribution in [0.2, 0.25) is 0 Å². The minimum Gasteiger partial charge on any atom is -0.347 e. The Morgan fingerprint density at radius 2 is 1.41 bits per heavy atom. The number of amides is 2. The summed E-state index contributed by atoms with van der Waals surface area (Å²) in [7, 11) is 0. The molecule has 0 atom stereocenters. The fourth-order valence-electron chi connectivity index (χ4n) is 2.15. The van der Waals surface area contributed by atoms with E-state index in [1.165, 1.54) is 36.4 Å². The fourth-order valence-corrected chi connectivity index (χ4v) is 2.15. The predicted octanol–water partition coefficient (Wildman–Crippen LogP) is 2.35. The van der Waals surface area contributed by atoms with Gasteiger partial charge in [0.2, 0.25) is 0 Å². The molecular formula is C21H16FN5O2. The SMILES string of the molecule is [2H]C([2H])(NC(=O)c1cc(C(=O)NC([2H])([2H])c2ccc(C#N)cc2)ncn1)c1ccc(F)cc1. The fraction of sp³-hybridized carbons (Fsp3) is 0.0952. The van der Waals surface area contributed by atoms with E-state index in [0.29, 0.717) is 5.56 Å². The molecule has 0 aliphatic carbocycles. The Labute approximate surface area is 171 Å². The molecule has 7 nitrogen and oxygen atoms in total. The first-order valence-corrected chi connectivity index (χ1v) is 8.25. The zero-order valence-corrected chi connectivity index (χ0v) is 14.8. The van der Waals surface area contributed by atoms with E-state index in [-0.39, 0.29) is 22.5 Å². The lowest BCUT2D eigenvalue weighted by Crippen LogP contribution is -2.27. The molecule has 0 saturated carbocycles. The molecule has 0 spiro atoms. The summed E-state index contributed by atoms with van der Waals surface area (Å²) < 4.78 is 45.3. The van der Waals surface area contributed by atoms with Crippen LogP contribution in [0, 0.1) is 17.1 Å². The van der Waals surface area contributed by atoms with Crippen molar-refractivity contribution >= 4 is 11.8 Å². The second-order valence-corrected chi connectivity index (χ2v) is 5.64. The van der Waals surface area contributed by atoms with Gasteiger partial charge in [-0.25, -0.2) is 14.4 Å². The Morgan fingerprint density at radius 1 is 0.931 bits per heavy atom. The number of nitriles is 1. The number of carbonyl (C=O) groups is 2. The molecule has 29 heavy (non-hydrogen) atoms. The first-order valence-electron chi connectivity index (χ1n) is 10.3. The molecule has 0 radical (unpaired) electrons. The van der Waals surface area contributed by atoms with Crippen LogP contribution in [0.5, 0.6) is 0 Å². The number of hydrogen-bond acceptors (Lipinski definition) is 5. The van der Waals surface area contributed by atoms with E-state index in [4.69, 9.17) is 10.7 Å². The van der Waals surface area contributed by atoms with Gasteiger partial charge in [-0.2, -0.15) is 5.26 Å². The van der Waals surface area contributed by atoms with Gasteiger partial charge in [0, 0.05) is 19.1 Å². The highest BCUT2D eigenvalue weighted by atomic mass is 19.1. The molecule has 0 bridgehead atoms. The van der Waals surface area contributed by atoms with Crippen molar-refractivity contribution < 1.29 is 19.5 Å². The number of benzene rings is 2. The van der Waals surface area contributed by atoms with Crippen molar-refractivity contribution in [1.82, 2.24) is 20.6 Å². The molecule has 1 aromatic heterocycles. The third-order valence-electron chi connectivity index (χ3n) is 3.63. The van der Waals surface area contributed by atoms with Crippen molar-refractivity contribution in [3.05, 3.63) is 94.8 Å². The Bertz CT molecular complexity index is 1230. The third-order valence-corrected chi connectivity index (χ3v) is 3.63. The van der Waals surface area contributed by atoms with Crippen LogP contribution in [0.1, 0.15) is 43.2 Å². The maximum atomic E-state index is 13.1. The summed E-state index contributed by atoms with van der Waals surface area (Å²) in [5, 5.41) is 13.1. The second kappa shape index (κ2) is 9.19. The number of carbonyl (C=O) groups excluding carboxylic acids is 2. The first-order chi connectivity index (χ1) is 15.5. The van der Waals surface area contributed by atoms with Gasteiger partial charge < -0.3 is 10.6 Å². The molecule has 3 aromatic rings. The van der Waals surface area contributed by atoms with Crippen LogP contribution in [0.25, 0.3) is 0 Å². The lowest BCUT2D eigenvalue weighted by molar-refractivity contribution is 0.0944. The topological polar surface area (TPSA) is 108 Å². The number of aromatic nitrogens is 2. The van der Waals surface area contributed by atoms with Crippen LogP contribution in [-0.4, -0.2) is 21.8 Å². The van der Waals surface area contributed by atoms with Crippen LogP contribution >= 0.6 is 0 Å². The molecule has 1 heterocycles. The van der Waals surface area contributed by atoms with Crippen molar-refractivity contribution in [3.8, 4) is 6.07 Å². The Kier molecular flexibility index (Phi) is 4.72. The van der Waals surface area contributed by atoms with E-state index >= 15 is 0 Å². The number of halogens is 1. The molecule has 0 saturated heterocycles. The van der Waals surface area contributed by atoms with Gasteiger partial charge in [0.1, 0.15) is 23.5 Å². The van der Waals surface area contributed by atoms with Crippen molar-refractivity contribution in [3.63, 3.8) is 0 Å². The molecule has 0 aliphatic heterocycles. The molecule has 2 aromatic carbocycles. The lowest BCUT2D eigenvalue weighted by Gasteiger charge is -2.07. The number of nitrogens with zero attached hydrogens (tertiary/aromatic N) is 3. The number of rotatable bonds is 6. The average molecular weight is 393 g/mol. The van der Waals surface area contributed by atoms with Gasteiger partial charge in [0.25, 0.3) is 11.8 Å². The summed E-state index contributed by atoms with van der Waals surface area (Å²) in [5.74, 6) is -2.47. The smallest absolute Gasteiger partial charge is 0.270 e. The van der Waals surface area contributed by atoms with E-state index in [1.54, 1.807) is 0 Å². The lowest BCUT2D eigenvalue weighted by atomic mass is 10.1. The summed E-state index contributed by atoms with van der Waals surface area (Å²) in [6.45, 7) is -4.66. The minimum absolute atomic E-state index is 0.000106. The monoisotopic (exact) mass is 393 g/mol. The van der Waals surface area contributed by atoms with Gasteiger partial charge in [-0.15, -0.1) is 0 Å². The summed E-state index contributed by atoms with van der Waals surface area (Å²) in [5.41, 5.74) is -0.239. The van der Waals surface area contributed by atoms with E-state index in [0.717, 1.165) is 24.5 Å². The van der Waals surface area contributed by atoms with Crippen molar-refractivity contribution in [2.45, 2.75) is 13.0 Å². The molecule has 0 unspecified atom stereocenters. The maximum Gasteiger partial charge on any atom is 0.270 e. The predicted molar refractivity (Wildman–Crippen MR) is 102 cm³/mol. The molecule has 0 aliphatic rings. The summed E-state index contributed by atoms with van der Waals surface area (Å²) in [4.78, 5) is 32.5. The molecule has 2 amide bonds. The average Bonchev–Trinajstić information content (AvgIpc) is 2.79. The van der Waals surface area contributed by atoms with Gasteiger partial charge in [-0.05, 0) is 35.4 Å². The highest BCUT2D eigenvalue weighted by Crippen LogP contribution is 2.05. The summed E-state index contributed by atoms with van der Waals surface area (Å²) in [6.07, 6.45) is 0.911. The molecule has 144 valence electrons. The van der Waals surface area contributed by atoms with Crippen LogP contribution in [0.3, 0.4) is 0 Å². The van der Waals surface area contributed by atoms with Gasteiger partial charge >= 0.3 is 0 Å². The highest BCUT2D eigenvalue weighted by molar-refractivity contribution is 5.97. The number of nitrogens with one attached hydrogen (secondary N) is 2. The van der Waals surface area contributed by atoms with Crippen LogP contribution in [0.15, 0.2) is 60.9 Å².